The first-order valence-electron chi connectivity index (χ1n) is 8.94. The van der Waals surface area contributed by atoms with E-state index in [1.54, 1.807) is 0 Å². The van der Waals surface area contributed by atoms with Crippen molar-refractivity contribution in [2.24, 2.45) is 23.2 Å². The summed E-state index contributed by atoms with van der Waals surface area (Å²) >= 11 is 0. The molecule has 0 spiro atoms. The van der Waals surface area contributed by atoms with E-state index in [-0.39, 0.29) is 5.92 Å². The molecule has 2 aliphatic carbocycles. The molecule has 0 N–H and O–H groups in total. The zero-order chi connectivity index (χ0) is 15.6. The molecule has 0 aromatic rings. The lowest BCUT2D eigenvalue weighted by Crippen LogP contribution is -2.49. The topological polar surface area (TPSA) is 27.0 Å². The Balaban J connectivity index is 2.07. The Kier molecular flexibility index (Phi) is 5.36. The number of hydrogen-bond donors (Lipinski definition) is 0. The van der Waals surface area contributed by atoms with Crippen LogP contribution in [0.4, 0.5) is 0 Å². The normalized spacial score (nSPS) is 38.2. The van der Waals surface area contributed by atoms with Gasteiger partial charge < -0.3 is 0 Å². The molecule has 2 nitrogen and oxygen atoms in total. The van der Waals surface area contributed by atoms with E-state index in [1.807, 2.05) is 0 Å². The Morgan fingerprint density at radius 1 is 1.05 bits per heavy atom. The maximum Gasteiger partial charge on any atom is 0.0672 e. The van der Waals surface area contributed by atoms with Gasteiger partial charge in [0.1, 0.15) is 0 Å². The van der Waals surface area contributed by atoms with Crippen LogP contribution in [0, 0.1) is 34.5 Å². The maximum atomic E-state index is 9.57. The van der Waals surface area contributed by atoms with Crippen molar-refractivity contribution in [3.63, 3.8) is 0 Å². The van der Waals surface area contributed by atoms with Crippen molar-refractivity contribution >= 4 is 0 Å². The molecule has 0 radical (unpaired) electrons. The van der Waals surface area contributed by atoms with Gasteiger partial charge in [-0.05, 0) is 56.4 Å². The van der Waals surface area contributed by atoms with E-state index >= 15 is 0 Å². The Bertz CT molecular complexity index is 376. The zero-order valence-corrected chi connectivity index (χ0v) is 14.7. The Morgan fingerprint density at radius 3 is 2.33 bits per heavy atom. The average Bonchev–Trinajstić information content (AvgIpc) is 2.44. The molecule has 2 heteroatoms. The third-order valence-corrected chi connectivity index (χ3v) is 6.21. The summed E-state index contributed by atoms with van der Waals surface area (Å²) in [5.74, 6) is 1.86. The van der Waals surface area contributed by atoms with Crippen molar-refractivity contribution in [3.05, 3.63) is 0 Å². The van der Waals surface area contributed by atoms with Crippen LogP contribution < -0.4 is 0 Å². The fraction of sp³-hybridized carbons (Fsp3) is 0.947. The highest BCUT2D eigenvalue weighted by Crippen LogP contribution is 2.42. The molecular formula is C19H34N2. The van der Waals surface area contributed by atoms with E-state index < -0.39 is 0 Å². The first kappa shape index (κ1) is 16.8. The molecule has 2 rings (SSSR count). The van der Waals surface area contributed by atoms with Crippen molar-refractivity contribution in [3.8, 4) is 6.07 Å². The van der Waals surface area contributed by atoms with Crippen LogP contribution in [0.25, 0.3) is 0 Å². The highest BCUT2D eigenvalue weighted by atomic mass is 15.2. The maximum absolute atomic E-state index is 9.57. The van der Waals surface area contributed by atoms with E-state index in [2.05, 4.69) is 45.7 Å². The number of nitriles is 1. The molecule has 120 valence electrons. The van der Waals surface area contributed by atoms with Gasteiger partial charge in [0.2, 0.25) is 0 Å². The highest BCUT2D eigenvalue weighted by Gasteiger charge is 2.39. The van der Waals surface area contributed by atoms with E-state index in [4.69, 9.17) is 0 Å². The zero-order valence-electron chi connectivity index (χ0n) is 14.7. The smallest absolute Gasteiger partial charge is 0.0672 e. The van der Waals surface area contributed by atoms with Crippen LogP contribution in [0.2, 0.25) is 0 Å². The minimum absolute atomic E-state index is 0.242. The van der Waals surface area contributed by atoms with Crippen LogP contribution in [-0.4, -0.2) is 24.0 Å². The van der Waals surface area contributed by atoms with Crippen LogP contribution in [-0.2, 0) is 0 Å². The summed E-state index contributed by atoms with van der Waals surface area (Å²) in [6.45, 7) is 9.49. The van der Waals surface area contributed by atoms with Crippen molar-refractivity contribution in [1.82, 2.24) is 4.90 Å². The minimum Gasteiger partial charge on any atom is -0.299 e. The quantitative estimate of drug-likeness (QED) is 0.727. The second kappa shape index (κ2) is 6.69. The third kappa shape index (κ3) is 4.01. The van der Waals surface area contributed by atoms with E-state index in [0.29, 0.717) is 17.5 Å². The standard InChI is InChI=1S/C19H34N2/c1-14-7-6-8-17(11-14)21(5)18-12-16(19(2,3)4)10-9-15(18)13-20/h14-18H,6-12H2,1-5H3. The van der Waals surface area contributed by atoms with Crippen LogP contribution >= 0.6 is 0 Å². The average molecular weight is 290 g/mol. The summed E-state index contributed by atoms with van der Waals surface area (Å²) in [6, 6.07) is 3.79. The second-order valence-corrected chi connectivity index (χ2v) is 8.77. The summed E-state index contributed by atoms with van der Waals surface area (Å²) in [5.41, 5.74) is 0.374. The van der Waals surface area contributed by atoms with E-state index in [1.165, 1.54) is 38.5 Å². The summed E-state index contributed by atoms with van der Waals surface area (Å²) in [7, 11) is 2.29. The van der Waals surface area contributed by atoms with Gasteiger partial charge in [0, 0.05) is 12.1 Å². The van der Waals surface area contributed by atoms with Crippen molar-refractivity contribution in [1.29, 1.82) is 5.26 Å². The molecule has 2 saturated carbocycles. The summed E-state index contributed by atoms with van der Waals surface area (Å²) in [4.78, 5) is 2.60. The first-order chi connectivity index (χ1) is 9.82. The lowest BCUT2D eigenvalue weighted by atomic mass is 9.67. The van der Waals surface area contributed by atoms with E-state index in [9.17, 15) is 5.26 Å². The number of rotatable bonds is 2. The van der Waals surface area contributed by atoms with Gasteiger partial charge >= 0.3 is 0 Å². The molecule has 0 heterocycles. The van der Waals surface area contributed by atoms with Gasteiger partial charge in [-0.1, -0.05) is 40.5 Å². The lowest BCUT2D eigenvalue weighted by molar-refractivity contribution is 0.0345. The van der Waals surface area contributed by atoms with Gasteiger partial charge in [-0.3, -0.25) is 4.90 Å². The second-order valence-electron chi connectivity index (χ2n) is 8.77. The number of hydrogen-bond acceptors (Lipinski definition) is 2. The fourth-order valence-corrected chi connectivity index (χ4v) is 4.58. The molecule has 5 atom stereocenters. The van der Waals surface area contributed by atoms with Crippen molar-refractivity contribution in [2.75, 3.05) is 7.05 Å². The van der Waals surface area contributed by atoms with Crippen molar-refractivity contribution in [2.45, 2.75) is 84.7 Å². The van der Waals surface area contributed by atoms with E-state index in [0.717, 1.165) is 18.3 Å². The molecular weight excluding hydrogens is 256 g/mol. The SMILES string of the molecule is CC1CCCC(N(C)C2CC(C(C)(C)C)CCC2C#N)C1. The van der Waals surface area contributed by atoms with Gasteiger partial charge in [-0.2, -0.15) is 5.26 Å². The first-order valence-corrected chi connectivity index (χ1v) is 8.94. The summed E-state index contributed by atoms with van der Waals surface area (Å²) in [5, 5.41) is 9.57. The van der Waals surface area contributed by atoms with Crippen LogP contribution in [0.15, 0.2) is 0 Å². The molecule has 0 aliphatic heterocycles. The molecule has 0 bridgehead atoms. The number of nitrogens with zero attached hydrogens (tertiary/aromatic N) is 2. The van der Waals surface area contributed by atoms with Crippen LogP contribution in [0.5, 0.6) is 0 Å². The predicted octanol–water partition coefficient (Wildman–Crippen LogP) is 4.85. The Morgan fingerprint density at radius 2 is 1.76 bits per heavy atom. The summed E-state index contributed by atoms with van der Waals surface area (Å²) < 4.78 is 0. The third-order valence-electron chi connectivity index (χ3n) is 6.21. The molecule has 0 aromatic heterocycles. The van der Waals surface area contributed by atoms with Gasteiger partial charge in [0.15, 0.2) is 0 Å². The predicted molar refractivity (Wildman–Crippen MR) is 88.9 cm³/mol. The minimum atomic E-state index is 0.242. The Hall–Kier alpha value is -0.550. The van der Waals surface area contributed by atoms with Gasteiger partial charge in [0.05, 0.1) is 12.0 Å². The molecule has 2 aliphatic rings. The molecule has 0 saturated heterocycles. The van der Waals surface area contributed by atoms with Gasteiger partial charge in [-0.25, -0.2) is 0 Å². The van der Waals surface area contributed by atoms with Crippen LogP contribution in [0.3, 0.4) is 0 Å². The largest absolute Gasteiger partial charge is 0.299 e. The highest BCUT2D eigenvalue weighted by molar-refractivity contribution is 5.00. The van der Waals surface area contributed by atoms with Crippen LogP contribution in [0.1, 0.15) is 72.6 Å². The molecule has 21 heavy (non-hydrogen) atoms. The van der Waals surface area contributed by atoms with Gasteiger partial charge in [0.25, 0.3) is 0 Å². The van der Waals surface area contributed by atoms with Gasteiger partial charge in [-0.15, -0.1) is 0 Å². The lowest BCUT2D eigenvalue weighted by Gasteiger charge is -2.46. The Labute approximate surface area is 131 Å². The monoisotopic (exact) mass is 290 g/mol. The fourth-order valence-electron chi connectivity index (χ4n) is 4.58. The van der Waals surface area contributed by atoms with Crippen molar-refractivity contribution < 1.29 is 0 Å². The molecule has 0 amide bonds. The summed E-state index contributed by atoms with van der Waals surface area (Å²) in [6.07, 6.45) is 8.94. The molecule has 5 unspecified atom stereocenters. The molecule has 0 aromatic carbocycles. The molecule has 2 fully saturated rings.